The number of halogens is 6. The Morgan fingerprint density at radius 1 is 1.17 bits per heavy atom. The molecular formula is C20H24F6N4O5S. The van der Waals surface area contributed by atoms with E-state index in [0.717, 1.165) is 5.38 Å². The second-order valence-electron chi connectivity index (χ2n) is 8.47. The fourth-order valence-electron chi connectivity index (χ4n) is 3.39. The molecule has 36 heavy (non-hydrogen) atoms. The number of nitrogens with zero attached hydrogens (tertiary/aromatic N) is 1. The van der Waals surface area contributed by atoms with Crippen molar-refractivity contribution in [2.24, 2.45) is 11.8 Å². The van der Waals surface area contributed by atoms with E-state index in [2.05, 4.69) is 25.7 Å². The van der Waals surface area contributed by atoms with Crippen LogP contribution in [0.4, 0.5) is 26.3 Å². The van der Waals surface area contributed by atoms with Gasteiger partial charge in [0.25, 0.3) is 5.91 Å². The third-order valence-corrected chi connectivity index (χ3v) is 5.96. The second kappa shape index (κ2) is 12.0. The van der Waals surface area contributed by atoms with Crippen molar-refractivity contribution in [2.45, 2.75) is 57.7 Å². The fourth-order valence-corrected chi connectivity index (χ4v) is 4.06. The third-order valence-electron chi connectivity index (χ3n) is 5.07. The zero-order valence-electron chi connectivity index (χ0n) is 19.1. The van der Waals surface area contributed by atoms with Crippen molar-refractivity contribution in [1.29, 1.82) is 0 Å². The lowest BCUT2D eigenvalue weighted by Gasteiger charge is -2.25. The van der Waals surface area contributed by atoms with E-state index < -0.39 is 71.4 Å². The van der Waals surface area contributed by atoms with Crippen molar-refractivity contribution < 1.29 is 50.3 Å². The molecule has 1 aromatic rings. The summed E-state index contributed by atoms with van der Waals surface area (Å²) in [5, 5.41) is 6.63. The molecule has 0 aromatic carbocycles. The number of ketones is 1. The first-order valence-electron chi connectivity index (χ1n) is 10.7. The highest BCUT2D eigenvalue weighted by molar-refractivity contribution is 7.09. The molecule has 3 N–H and O–H groups in total. The Balaban J connectivity index is 2.17. The summed E-state index contributed by atoms with van der Waals surface area (Å²) in [5.41, 5.74) is -0.581. The Morgan fingerprint density at radius 3 is 2.33 bits per heavy atom. The van der Waals surface area contributed by atoms with E-state index in [0.29, 0.717) is 0 Å². The zero-order valence-corrected chi connectivity index (χ0v) is 19.9. The van der Waals surface area contributed by atoms with Crippen LogP contribution in [0, 0.1) is 11.8 Å². The van der Waals surface area contributed by atoms with Crippen LogP contribution >= 0.6 is 11.3 Å². The SMILES string of the molecule is CC(C)CC(NC(=O)c1csc(C(F)(F)F)n1)C(=O)NC(CC1CCNC1=O)C(=O)COC(F)(F)F. The summed E-state index contributed by atoms with van der Waals surface area (Å²) in [7, 11) is 0. The van der Waals surface area contributed by atoms with Crippen molar-refractivity contribution in [3.63, 3.8) is 0 Å². The standard InChI is InChI=1S/C20H24F6N4O5S/c1-9(2)5-12(29-17(34)13-8-36-18(30-13)19(21,22)23)16(33)28-11(6-10-3-4-27-15(10)32)14(31)7-35-20(24,25)26/h8-12H,3-7H2,1-2H3,(H,27,32)(H,28,33)(H,29,34). The third kappa shape index (κ3) is 9.04. The predicted molar refractivity (Wildman–Crippen MR) is 113 cm³/mol. The Hall–Kier alpha value is -2.75. The maximum atomic E-state index is 12.9. The minimum absolute atomic E-state index is 0.0162. The van der Waals surface area contributed by atoms with Gasteiger partial charge < -0.3 is 16.0 Å². The first-order chi connectivity index (χ1) is 16.6. The van der Waals surface area contributed by atoms with Gasteiger partial charge in [-0.3, -0.25) is 23.9 Å². The molecule has 3 amide bonds. The van der Waals surface area contributed by atoms with Crippen LogP contribution in [0.25, 0.3) is 0 Å². The number of thiazole rings is 1. The fraction of sp³-hybridized carbons (Fsp3) is 0.650. The van der Waals surface area contributed by atoms with Gasteiger partial charge >= 0.3 is 12.5 Å². The molecule has 0 bridgehead atoms. The van der Waals surface area contributed by atoms with Gasteiger partial charge in [0.15, 0.2) is 10.8 Å². The topological polar surface area (TPSA) is 126 Å². The van der Waals surface area contributed by atoms with Gasteiger partial charge in [-0.1, -0.05) is 13.8 Å². The van der Waals surface area contributed by atoms with E-state index in [4.69, 9.17) is 0 Å². The normalized spacial score (nSPS) is 18.0. The lowest BCUT2D eigenvalue weighted by atomic mass is 9.95. The van der Waals surface area contributed by atoms with Crippen molar-refractivity contribution in [1.82, 2.24) is 20.9 Å². The van der Waals surface area contributed by atoms with E-state index >= 15 is 0 Å². The molecule has 1 aromatic heterocycles. The van der Waals surface area contributed by atoms with Crippen LogP contribution < -0.4 is 16.0 Å². The van der Waals surface area contributed by atoms with Gasteiger partial charge in [-0.25, -0.2) is 4.98 Å². The number of hydrogen-bond acceptors (Lipinski definition) is 7. The molecule has 3 unspecified atom stereocenters. The largest absolute Gasteiger partial charge is 0.522 e. The summed E-state index contributed by atoms with van der Waals surface area (Å²) < 4.78 is 79.2. The van der Waals surface area contributed by atoms with Gasteiger partial charge in [-0.05, 0) is 25.2 Å². The molecule has 2 heterocycles. The summed E-state index contributed by atoms with van der Waals surface area (Å²) in [6, 6.07) is -2.90. The quantitative estimate of drug-likeness (QED) is 0.366. The van der Waals surface area contributed by atoms with E-state index in [1.165, 1.54) is 0 Å². The van der Waals surface area contributed by atoms with Crippen LogP contribution in [0.2, 0.25) is 0 Å². The molecule has 3 atom stereocenters. The number of rotatable bonds is 11. The van der Waals surface area contributed by atoms with Crippen molar-refractivity contribution in [3.05, 3.63) is 16.1 Å². The number of carbonyl (C=O) groups excluding carboxylic acids is 4. The molecule has 16 heteroatoms. The number of Topliss-reactive ketones (excluding diaryl/α,β-unsaturated/α-hetero) is 1. The van der Waals surface area contributed by atoms with Crippen LogP contribution in [0.15, 0.2) is 5.38 Å². The van der Waals surface area contributed by atoms with E-state index in [1.807, 2.05) is 0 Å². The Bertz CT molecular complexity index is 965. The number of alkyl halides is 6. The lowest BCUT2D eigenvalue weighted by Crippen LogP contribution is -2.53. The van der Waals surface area contributed by atoms with Gasteiger partial charge in [0.1, 0.15) is 18.3 Å². The smallest absolute Gasteiger partial charge is 0.356 e. The average Bonchev–Trinajstić information content (AvgIpc) is 3.39. The van der Waals surface area contributed by atoms with Crippen LogP contribution in [-0.4, -0.2) is 60.1 Å². The highest BCUT2D eigenvalue weighted by Crippen LogP contribution is 2.31. The number of ether oxygens (including phenoxy) is 1. The van der Waals surface area contributed by atoms with Gasteiger partial charge in [0, 0.05) is 17.8 Å². The molecule has 0 radical (unpaired) electrons. The highest BCUT2D eigenvalue weighted by Gasteiger charge is 2.37. The summed E-state index contributed by atoms with van der Waals surface area (Å²) in [5.74, 6) is -4.60. The van der Waals surface area contributed by atoms with Gasteiger partial charge in [0.2, 0.25) is 11.8 Å². The molecule has 0 saturated carbocycles. The van der Waals surface area contributed by atoms with Gasteiger partial charge in [-0.15, -0.1) is 24.5 Å². The highest BCUT2D eigenvalue weighted by atomic mass is 32.1. The van der Waals surface area contributed by atoms with Crippen molar-refractivity contribution >= 4 is 34.8 Å². The van der Waals surface area contributed by atoms with Crippen LogP contribution in [0.1, 0.15) is 48.6 Å². The number of nitrogens with one attached hydrogen (secondary N) is 3. The minimum Gasteiger partial charge on any atom is -0.356 e. The molecule has 0 aliphatic carbocycles. The molecule has 1 aliphatic rings. The summed E-state index contributed by atoms with van der Waals surface area (Å²) in [6.45, 7) is 2.24. The van der Waals surface area contributed by atoms with Crippen molar-refractivity contribution in [3.8, 4) is 0 Å². The number of aromatic nitrogens is 1. The summed E-state index contributed by atoms with van der Waals surface area (Å²) >= 11 is 0.188. The Kier molecular flexibility index (Phi) is 9.82. The van der Waals surface area contributed by atoms with E-state index in [9.17, 15) is 45.5 Å². The summed E-state index contributed by atoms with van der Waals surface area (Å²) in [6.07, 6.45) is -9.91. The molecule has 202 valence electrons. The van der Waals surface area contributed by atoms with Crippen molar-refractivity contribution in [2.75, 3.05) is 13.2 Å². The molecule has 1 saturated heterocycles. The van der Waals surface area contributed by atoms with Crippen LogP contribution in [-0.2, 0) is 25.3 Å². The number of hydrogen-bond donors (Lipinski definition) is 3. The van der Waals surface area contributed by atoms with Gasteiger partial charge in [-0.2, -0.15) is 13.2 Å². The Morgan fingerprint density at radius 2 is 1.83 bits per heavy atom. The molecule has 9 nitrogen and oxygen atoms in total. The van der Waals surface area contributed by atoms with E-state index in [-0.39, 0.29) is 43.1 Å². The molecule has 1 aliphatic heterocycles. The van der Waals surface area contributed by atoms with Crippen LogP contribution in [0.3, 0.4) is 0 Å². The molecule has 2 rings (SSSR count). The number of carbonyl (C=O) groups is 4. The molecular weight excluding hydrogens is 522 g/mol. The minimum atomic E-state index is -5.11. The second-order valence-corrected chi connectivity index (χ2v) is 9.32. The zero-order chi connectivity index (χ0) is 27.3. The average molecular weight is 546 g/mol. The molecule has 1 fully saturated rings. The first-order valence-corrected chi connectivity index (χ1v) is 11.6. The summed E-state index contributed by atoms with van der Waals surface area (Å²) in [4.78, 5) is 52.9. The first kappa shape index (κ1) is 29.5. The maximum Gasteiger partial charge on any atom is 0.522 e. The van der Waals surface area contributed by atoms with E-state index in [1.54, 1.807) is 13.8 Å². The Labute approximate surface area is 205 Å². The number of amides is 3. The van der Waals surface area contributed by atoms with Crippen LogP contribution in [0.5, 0.6) is 0 Å². The maximum absolute atomic E-state index is 12.9. The predicted octanol–water partition coefficient (Wildman–Crippen LogP) is 2.42. The monoisotopic (exact) mass is 546 g/mol. The molecule has 0 spiro atoms. The van der Waals surface area contributed by atoms with Gasteiger partial charge in [0.05, 0.1) is 6.04 Å². The lowest BCUT2D eigenvalue weighted by molar-refractivity contribution is -0.321.